The molecule has 1 aliphatic rings. The van der Waals surface area contributed by atoms with E-state index in [-0.39, 0.29) is 11.8 Å². The van der Waals surface area contributed by atoms with Crippen LogP contribution in [0.2, 0.25) is 0 Å². The maximum absolute atomic E-state index is 12.5. The fourth-order valence-corrected chi connectivity index (χ4v) is 2.84. The molecule has 0 amide bonds. The van der Waals surface area contributed by atoms with Crippen LogP contribution in [0.4, 0.5) is 0 Å². The molecule has 2 aromatic rings. The van der Waals surface area contributed by atoms with E-state index in [4.69, 9.17) is 4.74 Å². The summed E-state index contributed by atoms with van der Waals surface area (Å²) >= 11 is 3.43. The van der Waals surface area contributed by atoms with Crippen molar-refractivity contribution in [3.8, 4) is 5.75 Å². The Bertz CT molecular complexity index is 608. The summed E-state index contributed by atoms with van der Waals surface area (Å²) in [5, 5.41) is 0. The van der Waals surface area contributed by atoms with Gasteiger partial charge in [-0.05, 0) is 40.5 Å². The average molecular weight is 307 g/mol. The molecule has 0 spiro atoms. The molecule has 1 aromatic carbocycles. The highest BCUT2D eigenvalue weighted by Gasteiger charge is 2.31. The van der Waals surface area contributed by atoms with Gasteiger partial charge in [0.2, 0.25) is 0 Å². The van der Waals surface area contributed by atoms with Crippen molar-refractivity contribution in [2.24, 2.45) is 0 Å². The third-order valence-electron chi connectivity index (χ3n) is 3.03. The Balaban J connectivity index is 2.07. The normalized spacial score (nSPS) is 18.3. The van der Waals surface area contributed by atoms with Crippen LogP contribution in [0.3, 0.4) is 0 Å². The van der Waals surface area contributed by atoms with Crippen LogP contribution in [0, 0.1) is 6.92 Å². The highest BCUT2D eigenvalue weighted by atomic mass is 79.9. The number of imidazole rings is 1. The van der Waals surface area contributed by atoms with Gasteiger partial charge in [-0.25, -0.2) is 4.98 Å². The first-order valence-corrected chi connectivity index (χ1v) is 6.40. The molecular formula is C13H11BrN2O2. The molecule has 0 aliphatic carbocycles. The molecule has 0 fully saturated rings. The number of aromatic nitrogens is 2. The molecule has 1 aliphatic heterocycles. The standard InChI is InChI=1S/C13H11BrN2O2/c1-8-4-9-12(17)11(16-3-2-15-7-16)6-18-13(9)10(14)5-8/h2-5,7,11H,6H2,1H3. The Morgan fingerprint density at radius 1 is 1.50 bits per heavy atom. The Labute approximate surface area is 113 Å². The first-order chi connectivity index (χ1) is 8.66. The van der Waals surface area contributed by atoms with Gasteiger partial charge in [0.25, 0.3) is 0 Å². The molecule has 18 heavy (non-hydrogen) atoms. The van der Waals surface area contributed by atoms with Gasteiger partial charge in [0.05, 0.1) is 16.4 Å². The first kappa shape index (κ1) is 11.5. The van der Waals surface area contributed by atoms with Gasteiger partial charge < -0.3 is 9.30 Å². The van der Waals surface area contributed by atoms with E-state index in [2.05, 4.69) is 20.9 Å². The number of aryl methyl sites for hydroxylation is 1. The predicted octanol–water partition coefficient (Wildman–Crippen LogP) is 2.77. The lowest BCUT2D eigenvalue weighted by Gasteiger charge is -2.26. The summed E-state index contributed by atoms with van der Waals surface area (Å²) in [5.74, 6) is 0.709. The smallest absolute Gasteiger partial charge is 0.192 e. The number of carbonyl (C=O) groups excluding carboxylic acids is 1. The van der Waals surface area contributed by atoms with Crippen LogP contribution in [0.1, 0.15) is 22.0 Å². The Hall–Kier alpha value is -1.62. The number of benzene rings is 1. The zero-order valence-electron chi connectivity index (χ0n) is 9.76. The third kappa shape index (κ3) is 1.75. The first-order valence-electron chi connectivity index (χ1n) is 5.61. The number of hydrogen-bond acceptors (Lipinski definition) is 3. The molecule has 0 saturated heterocycles. The molecular weight excluding hydrogens is 296 g/mol. The predicted molar refractivity (Wildman–Crippen MR) is 70.0 cm³/mol. The molecule has 0 N–H and O–H groups in total. The van der Waals surface area contributed by atoms with Crippen molar-refractivity contribution in [3.05, 3.63) is 46.5 Å². The lowest BCUT2D eigenvalue weighted by molar-refractivity contribution is 0.0840. The van der Waals surface area contributed by atoms with Crippen molar-refractivity contribution in [2.75, 3.05) is 6.61 Å². The molecule has 4 nitrogen and oxygen atoms in total. The van der Waals surface area contributed by atoms with Crippen molar-refractivity contribution in [3.63, 3.8) is 0 Å². The third-order valence-corrected chi connectivity index (χ3v) is 3.62. The van der Waals surface area contributed by atoms with E-state index < -0.39 is 0 Å². The zero-order valence-corrected chi connectivity index (χ0v) is 11.3. The minimum atomic E-state index is -0.325. The Morgan fingerprint density at radius 2 is 2.33 bits per heavy atom. The number of nitrogens with zero attached hydrogens (tertiary/aromatic N) is 2. The van der Waals surface area contributed by atoms with Crippen LogP contribution in [-0.2, 0) is 0 Å². The van der Waals surface area contributed by atoms with Crippen molar-refractivity contribution in [1.82, 2.24) is 9.55 Å². The lowest BCUT2D eigenvalue weighted by Crippen LogP contribution is -2.30. The molecule has 1 atom stereocenters. The molecule has 0 saturated carbocycles. The van der Waals surface area contributed by atoms with Crippen molar-refractivity contribution in [1.29, 1.82) is 0 Å². The van der Waals surface area contributed by atoms with E-state index in [0.717, 1.165) is 10.0 Å². The second-order valence-electron chi connectivity index (χ2n) is 4.32. The van der Waals surface area contributed by atoms with Crippen molar-refractivity contribution in [2.45, 2.75) is 13.0 Å². The van der Waals surface area contributed by atoms with Gasteiger partial charge in [0.1, 0.15) is 18.4 Å². The minimum absolute atomic E-state index is 0.0682. The van der Waals surface area contributed by atoms with E-state index in [0.29, 0.717) is 17.9 Å². The number of carbonyl (C=O) groups is 1. The molecule has 0 bridgehead atoms. The summed E-state index contributed by atoms with van der Waals surface area (Å²) in [6, 6.07) is 3.49. The number of Topliss-reactive ketones (excluding diaryl/α,β-unsaturated/α-hetero) is 1. The Morgan fingerprint density at radius 3 is 3.06 bits per heavy atom. The largest absolute Gasteiger partial charge is 0.489 e. The number of ketones is 1. The summed E-state index contributed by atoms with van der Waals surface area (Å²) < 4.78 is 8.31. The van der Waals surface area contributed by atoms with Gasteiger partial charge in [0.15, 0.2) is 5.78 Å². The van der Waals surface area contributed by atoms with Crippen LogP contribution in [0.25, 0.3) is 0 Å². The zero-order chi connectivity index (χ0) is 12.7. The number of halogens is 1. The molecule has 0 radical (unpaired) electrons. The number of fused-ring (bicyclic) bond motifs is 1. The van der Waals surface area contributed by atoms with E-state index in [1.54, 1.807) is 23.3 Å². The number of hydrogen-bond donors (Lipinski definition) is 0. The molecule has 1 unspecified atom stereocenters. The van der Waals surface area contributed by atoms with Gasteiger partial charge in [-0.3, -0.25) is 4.79 Å². The quantitative estimate of drug-likeness (QED) is 0.814. The van der Waals surface area contributed by atoms with Gasteiger partial charge >= 0.3 is 0 Å². The van der Waals surface area contributed by atoms with E-state index in [1.165, 1.54) is 0 Å². The molecule has 2 heterocycles. The van der Waals surface area contributed by atoms with E-state index in [1.807, 2.05) is 19.1 Å². The average Bonchev–Trinajstić information content (AvgIpc) is 2.84. The van der Waals surface area contributed by atoms with Crippen molar-refractivity contribution >= 4 is 21.7 Å². The lowest BCUT2D eigenvalue weighted by atomic mass is 9.99. The summed E-state index contributed by atoms with van der Waals surface area (Å²) in [6.45, 7) is 2.29. The van der Waals surface area contributed by atoms with Crippen LogP contribution in [0.15, 0.2) is 35.3 Å². The van der Waals surface area contributed by atoms with Crippen molar-refractivity contribution < 1.29 is 9.53 Å². The monoisotopic (exact) mass is 306 g/mol. The molecule has 3 rings (SSSR count). The maximum Gasteiger partial charge on any atom is 0.192 e. The number of ether oxygens (including phenoxy) is 1. The number of rotatable bonds is 1. The highest BCUT2D eigenvalue weighted by molar-refractivity contribution is 9.10. The maximum atomic E-state index is 12.5. The van der Waals surface area contributed by atoms with Crippen LogP contribution in [-0.4, -0.2) is 21.9 Å². The minimum Gasteiger partial charge on any atom is -0.489 e. The molecule has 5 heteroatoms. The SMILES string of the molecule is Cc1cc(Br)c2c(c1)C(=O)C(n1ccnc1)CO2. The van der Waals surface area contributed by atoms with Crippen LogP contribution >= 0.6 is 15.9 Å². The second kappa shape index (κ2) is 4.24. The molecule has 1 aromatic heterocycles. The van der Waals surface area contributed by atoms with Crippen LogP contribution < -0.4 is 4.74 Å². The summed E-state index contributed by atoms with van der Waals surface area (Å²) in [7, 11) is 0. The summed E-state index contributed by atoms with van der Waals surface area (Å²) in [4.78, 5) is 16.4. The van der Waals surface area contributed by atoms with E-state index in [9.17, 15) is 4.79 Å². The van der Waals surface area contributed by atoms with Gasteiger partial charge in [-0.1, -0.05) is 0 Å². The fraction of sp³-hybridized carbons (Fsp3) is 0.231. The summed E-state index contributed by atoms with van der Waals surface area (Å²) in [6.07, 6.45) is 5.08. The van der Waals surface area contributed by atoms with Crippen LogP contribution in [0.5, 0.6) is 5.75 Å². The van der Waals surface area contributed by atoms with Gasteiger partial charge in [0, 0.05) is 12.4 Å². The van der Waals surface area contributed by atoms with Gasteiger partial charge in [-0.2, -0.15) is 0 Å². The second-order valence-corrected chi connectivity index (χ2v) is 5.18. The van der Waals surface area contributed by atoms with Gasteiger partial charge in [-0.15, -0.1) is 0 Å². The Kier molecular flexibility index (Phi) is 2.70. The molecule has 92 valence electrons. The summed E-state index contributed by atoms with van der Waals surface area (Å²) in [5.41, 5.74) is 1.66. The van der Waals surface area contributed by atoms with E-state index >= 15 is 0 Å². The fourth-order valence-electron chi connectivity index (χ4n) is 2.15. The highest BCUT2D eigenvalue weighted by Crippen LogP contribution is 2.36. The topological polar surface area (TPSA) is 44.1 Å².